The van der Waals surface area contributed by atoms with Gasteiger partial charge in [0.1, 0.15) is 12.4 Å². The van der Waals surface area contributed by atoms with Crippen LogP contribution in [-0.2, 0) is 6.42 Å². The van der Waals surface area contributed by atoms with Crippen molar-refractivity contribution in [3.8, 4) is 5.75 Å². The largest absolute Gasteiger partial charge is 0.488 e. The molecule has 0 aliphatic rings. The molecule has 0 amide bonds. The summed E-state index contributed by atoms with van der Waals surface area (Å²) in [7, 11) is 0. The van der Waals surface area contributed by atoms with Gasteiger partial charge in [-0.15, -0.1) is 0 Å². The second-order valence-corrected chi connectivity index (χ2v) is 5.42. The minimum absolute atomic E-state index is 0.101. The third-order valence-electron chi connectivity index (χ3n) is 2.45. The summed E-state index contributed by atoms with van der Waals surface area (Å²) in [4.78, 5) is 0. The molecule has 0 saturated heterocycles. The van der Waals surface area contributed by atoms with Gasteiger partial charge in [0.2, 0.25) is 0 Å². The van der Waals surface area contributed by atoms with Crippen LogP contribution in [0.1, 0.15) is 18.9 Å². The highest BCUT2D eigenvalue weighted by Gasteiger charge is 2.11. The van der Waals surface area contributed by atoms with Crippen molar-refractivity contribution in [2.75, 3.05) is 6.61 Å². The monoisotopic (exact) mass is 317 g/mol. The van der Waals surface area contributed by atoms with Crippen molar-refractivity contribution in [1.29, 1.82) is 0 Å². The molecular formula is C13H17BrClNO. The standard InChI is InChI=1S/C13H17BrClNO/c1-3-10(16)7-11-12(15)5-4-6-13(11)17-8-9(2)14/h4-6,10H,2-3,7-8,16H2,1H3. The Balaban J connectivity index is 2.87. The average molecular weight is 319 g/mol. The Hall–Kier alpha value is -0.510. The normalized spacial score (nSPS) is 12.2. The van der Waals surface area contributed by atoms with E-state index >= 15 is 0 Å². The molecule has 2 N–H and O–H groups in total. The highest BCUT2D eigenvalue weighted by Crippen LogP contribution is 2.28. The molecule has 1 unspecified atom stereocenters. The van der Waals surface area contributed by atoms with Crippen LogP contribution >= 0.6 is 27.5 Å². The summed E-state index contributed by atoms with van der Waals surface area (Å²) < 4.78 is 6.43. The maximum Gasteiger partial charge on any atom is 0.124 e. The number of ether oxygens (including phenoxy) is 1. The smallest absolute Gasteiger partial charge is 0.124 e. The molecule has 0 spiro atoms. The first-order valence-corrected chi connectivity index (χ1v) is 6.70. The van der Waals surface area contributed by atoms with Crippen LogP contribution in [0.15, 0.2) is 29.3 Å². The third-order valence-corrected chi connectivity index (χ3v) is 3.03. The predicted octanol–water partition coefficient (Wildman–Crippen LogP) is 3.91. The van der Waals surface area contributed by atoms with Crippen LogP contribution in [0.3, 0.4) is 0 Å². The van der Waals surface area contributed by atoms with Crippen molar-refractivity contribution in [1.82, 2.24) is 0 Å². The predicted molar refractivity (Wildman–Crippen MR) is 77.0 cm³/mol. The number of hydrogen-bond donors (Lipinski definition) is 1. The van der Waals surface area contributed by atoms with Crippen LogP contribution in [0.4, 0.5) is 0 Å². The van der Waals surface area contributed by atoms with Gasteiger partial charge in [-0.1, -0.05) is 47.1 Å². The van der Waals surface area contributed by atoms with Gasteiger partial charge >= 0.3 is 0 Å². The van der Waals surface area contributed by atoms with E-state index in [0.717, 1.165) is 28.6 Å². The summed E-state index contributed by atoms with van der Waals surface area (Å²) in [5.41, 5.74) is 6.93. The van der Waals surface area contributed by atoms with E-state index in [-0.39, 0.29) is 6.04 Å². The van der Waals surface area contributed by atoms with Crippen molar-refractivity contribution in [2.24, 2.45) is 5.73 Å². The number of benzene rings is 1. The third kappa shape index (κ3) is 4.70. The molecule has 0 heterocycles. The van der Waals surface area contributed by atoms with Crippen molar-refractivity contribution in [3.63, 3.8) is 0 Å². The van der Waals surface area contributed by atoms with Crippen LogP contribution < -0.4 is 10.5 Å². The van der Waals surface area contributed by atoms with E-state index < -0.39 is 0 Å². The number of rotatable bonds is 6. The fraction of sp³-hybridized carbons (Fsp3) is 0.385. The molecule has 0 aromatic heterocycles. The first-order chi connectivity index (χ1) is 8.04. The molecule has 4 heteroatoms. The first-order valence-electron chi connectivity index (χ1n) is 5.53. The lowest BCUT2D eigenvalue weighted by Gasteiger charge is -2.15. The van der Waals surface area contributed by atoms with Crippen molar-refractivity contribution in [3.05, 3.63) is 39.8 Å². The van der Waals surface area contributed by atoms with Gasteiger partial charge in [-0.2, -0.15) is 0 Å². The lowest BCUT2D eigenvalue weighted by atomic mass is 10.0. The number of hydrogen-bond acceptors (Lipinski definition) is 2. The lowest BCUT2D eigenvalue weighted by Crippen LogP contribution is -2.22. The zero-order valence-electron chi connectivity index (χ0n) is 9.88. The second kappa shape index (κ2) is 7.04. The van der Waals surface area contributed by atoms with Gasteiger partial charge in [-0.25, -0.2) is 0 Å². The molecule has 1 atom stereocenters. The van der Waals surface area contributed by atoms with Crippen molar-refractivity contribution < 1.29 is 4.74 Å². The van der Waals surface area contributed by atoms with Gasteiger partial charge < -0.3 is 10.5 Å². The average Bonchev–Trinajstić information content (AvgIpc) is 2.29. The molecule has 0 bridgehead atoms. The highest BCUT2D eigenvalue weighted by molar-refractivity contribution is 9.11. The van der Waals surface area contributed by atoms with Crippen LogP contribution in [-0.4, -0.2) is 12.6 Å². The molecular weight excluding hydrogens is 302 g/mol. The first kappa shape index (κ1) is 14.6. The molecule has 94 valence electrons. The Morgan fingerprint density at radius 2 is 2.29 bits per heavy atom. The van der Waals surface area contributed by atoms with E-state index in [2.05, 4.69) is 29.4 Å². The van der Waals surface area contributed by atoms with Crippen LogP contribution in [0, 0.1) is 0 Å². The van der Waals surface area contributed by atoms with Crippen molar-refractivity contribution in [2.45, 2.75) is 25.8 Å². The molecule has 17 heavy (non-hydrogen) atoms. The van der Waals surface area contributed by atoms with Crippen molar-refractivity contribution >= 4 is 27.5 Å². The molecule has 2 nitrogen and oxygen atoms in total. The second-order valence-electron chi connectivity index (χ2n) is 3.89. The summed E-state index contributed by atoms with van der Waals surface area (Å²) in [6.07, 6.45) is 1.64. The Labute approximate surface area is 116 Å². The van der Waals surface area contributed by atoms with Crippen LogP contribution in [0.2, 0.25) is 5.02 Å². The quantitative estimate of drug-likeness (QED) is 0.863. The zero-order valence-corrected chi connectivity index (χ0v) is 12.2. The van der Waals surface area contributed by atoms with E-state index in [1.54, 1.807) is 0 Å². The maximum absolute atomic E-state index is 6.18. The summed E-state index contributed by atoms with van der Waals surface area (Å²) >= 11 is 9.44. The number of nitrogens with two attached hydrogens (primary N) is 1. The Bertz CT molecular complexity index is 395. The summed E-state index contributed by atoms with van der Waals surface area (Å²) in [6, 6.07) is 5.73. The molecule has 0 aliphatic carbocycles. The molecule has 0 radical (unpaired) electrons. The summed E-state index contributed by atoms with van der Waals surface area (Å²) in [5, 5.41) is 0.701. The van der Waals surface area contributed by atoms with Crippen LogP contribution in [0.25, 0.3) is 0 Å². The minimum Gasteiger partial charge on any atom is -0.488 e. The maximum atomic E-state index is 6.18. The molecule has 0 saturated carbocycles. The molecule has 1 aromatic carbocycles. The van der Waals surface area contributed by atoms with E-state index in [1.165, 1.54) is 0 Å². The van der Waals surface area contributed by atoms with E-state index in [1.807, 2.05) is 18.2 Å². The highest BCUT2D eigenvalue weighted by atomic mass is 79.9. The Morgan fingerprint density at radius 3 is 2.88 bits per heavy atom. The molecule has 1 rings (SSSR count). The minimum atomic E-state index is 0.101. The van der Waals surface area contributed by atoms with Gasteiger partial charge in [-0.3, -0.25) is 0 Å². The Kier molecular flexibility index (Phi) is 6.03. The fourth-order valence-electron chi connectivity index (χ4n) is 1.43. The zero-order chi connectivity index (χ0) is 12.8. The molecule has 0 fully saturated rings. The summed E-state index contributed by atoms with van der Waals surface area (Å²) in [6.45, 7) is 6.22. The lowest BCUT2D eigenvalue weighted by molar-refractivity contribution is 0.355. The molecule has 0 aliphatic heterocycles. The molecule has 1 aromatic rings. The van der Waals surface area contributed by atoms with Gasteiger partial charge in [0, 0.05) is 21.1 Å². The number of halogens is 2. The van der Waals surface area contributed by atoms with Gasteiger partial charge in [0.25, 0.3) is 0 Å². The Morgan fingerprint density at radius 1 is 1.59 bits per heavy atom. The van der Waals surface area contributed by atoms with Crippen LogP contribution in [0.5, 0.6) is 5.75 Å². The van der Waals surface area contributed by atoms with Gasteiger partial charge in [-0.05, 0) is 25.0 Å². The topological polar surface area (TPSA) is 35.2 Å². The van der Waals surface area contributed by atoms with E-state index in [4.69, 9.17) is 22.1 Å². The van der Waals surface area contributed by atoms with Gasteiger partial charge in [0.05, 0.1) is 0 Å². The van der Waals surface area contributed by atoms with E-state index in [0.29, 0.717) is 11.6 Å². The van der Waals surface area contributed by atoms with Gasteiger partial charge in [0.15, 0.2) is 0 Å². The fourth-order valence-corrected chi connectivity index (χ4v) is 1.79. The SMILES string of the molecule is C=C(Br)COc1cccc(Cl)c1CC(N)CC. The van der Waals surface area contributed by atoms with E-state index in [9.17, 15) is 0 Å². The summed E-state index contributed by atoms with van der Waals surface area (Å²) in [5.74, 6) is 0.780.